The smallest absolute Gasteiger partial charge is 0.419 e. The summed E-state index contributed by atoms with van der Waals surface area (Å²) in [6.45, 7) is 0.802. The summed E-state index contributed by atoms with van der Waals surface area (Å²) < 4.78 is 34.8. The van der Waals surface area contributed by atoms with Crippen LogP contribution in [0.5, 0.6) is 0 Å². The molecule has 3 N–H and O–H groups in total. The molecule has 0 fully saturated rings. The maximum Gasteiger partial charge on any atom is 0.419 e. The second kappa shape index (κ2) is 3.42. The van der Waals surface area contributed by atoms with E-state index in [1.807, 2.05) is 0 Å². The summed E-state index contributed by atoms with van der Waals surface area (Å²) >= 11 is 0. The Kier molecular flexibility index (Phi) is 3.12. The molecule has 0 bridgehead atoms. The number of hydrazine groups is 1. The minimum absolute atomic E-state index is 0.802. The molecule has 1 amide bonds. The standard InChI is InChI=1S/C4H7F3N2O2/c1-2(4(5,6)7)8-9-3(10)11/h2,8-9H,1H3,(H,10,11). The molecule has 1 unspecified atom stereocenters. The van der Waals surface area contributed by atoms with Gasteiger partial charge in [0.15, 0.2) is 0 Å². The van der Waals surface area contributed by atoms with E-state index in [1.54, 1.807) is 5.43 Å². The van der Waals surface area contributed by atoms with Crippen LogP contribution >= 0.6 is 0 Å². The number of hydrogen-bond donors (Lipinski definition) is 3. The van der Waals surface area contributed by atoms with Crippen LogP contribution in [0, 0.1) is 0 Å². The number of carbonyl (C=O) groups is 1. The summed E-state index contributed by atoms with van der Waals surface area (Å²) in [5.74, 6) is 0. The van der Waals surface area contributed by atoms with Gasteiger partial charge >= 0.3 is 12.3 Å². The Morgan fingerprint density at radius 2 is 2.00 bits per heavy atom. The number of carboxylic acid groups (broad SMARTS) is 1. The normalized spacial score (nSPS) is 14.2. The number of amides is 1. The molecule has 0 spiro atoms. The topological polar surface area (TPSA) is 61.4 Å². The Morgan fingerprint density at radius 3 is 2.27 bits per heavy atom. The molecule has 0 rings (SSSR count). The van der Waals surface area contributed by atoms with Crippen LogP contribution in [0.4, 0.5) is 18.0 Å². The zero-order valence-corrected chi connectivity index (χ0v) is 5.57. The van der Waals surface area contributed by atoms with Gasteiger partial charge in [-0.25, -0.2) is 10.2 Å². The van der Waals surface area contributed by atoms with Gasteiger partial charge in [0.2, 0.25) is 0 Å². The average molecular weight is 172 g/mol. The Labute approximate surface area is 60.4 Å². The molecule has 0 radical (unpaired) electrons. The van der Waals surface area contributed by atoms with Crippen molar-refractivity contribution in [3.8, 4) is 0 Å². The zero-order chi connectivity index (χ0) is 9.07. The maximum absolute atomic E-state index is 11.6. The lowest BCUT2D eigenvalue weighted by atomic mass is 10.3. The molecule has 4 nitrogen and oxygen atoms in total. The van der Waals surface area contributed by atoms with Crippen molar-refractivity contribution >= 4 is 6.09 Å². The predicted octanol–water partition coefficient (Wildman–Crippen LogP) is 0.709. The van der Waals surface area contributed by atoms with Gasteiger partial charge in [0.1, 0.15) is 6.04 Å². The second-order valence-corrected chi connectivity index (χ2v) is 1.84. The van der Waals surface area contributed by atoms with Gasteiger partial charge in [0.25, 0.3) is 0 Å². The van der Waals surface area contributed by atoms with Crippen molar-refractivity contribution in [1.82, 2.24) is 10.9 Å². The first kappa shape index (κ1) is 10.0. The Hall–Kier alpha value is -0.980. The van der Waals surface area contributed by atoms with Crippen molar-refractivity contribution in [3.63, 3.8) is 0 Å². The van der Waals surface area contributed by atoms with E-state index in [-0.39, 0.29) is 0 Å². The van der Waals surface area contributed by atoms with Gasteiger partial charge in [-0.05, 0) is 6.92 Å². The molecule has 0 aromatic heterocycles. The summed E-state index contributed by atoms with van der Waals surface area (Å²) in [4.78, 5) is 9.69. The highest BCUT2D eigenvalue weighted by Gasteiger charge is 2.35. The highest BCUT2D eigenvalue weighted by Crippen LogP contribution is 2.18. The van der Waals surface area contributed by atoms with Crippen LogP contribution in [0.2, 0.25) is 0 Å². The molecule has 1 atom stereocenters. The molecule has 0 aliphatic carbocycles. The highest BCUT2D eigenvalue weighted by molar-refractivity contribution is 5.63. The van der Waals surface area contributed by atoms with Crippen molar-refractivity contribution in [3.05, 3.63) is 0 Å². The third-order valence-corrected chi connectivity index (χ3v) is 0.887. The molecule has 66 valence electrons. The SMILES string of the molecule is CC(NNC(=O)O)C(F)(F)F. The number of alkyl halides is 3. The maximum atomic E-state index is 11.6. The summed E-state index contributed by atoms with van der Waals surface area (Å²) in [7, 11) is 0. The third-order valence-electron chi connectivity index (χ3n) is 0.887. The van der Waals surface area contributed by atoms with Gasteiger partial charge in [-0.2, -0.15) is 13.2 Å². The van der Waals surface area contributed by atoms with Gasteiger partial charge in [-0.15, -0.1) is 0 Å². The van der Waals surface area contributed by atoms with E-state index in [1.165, 1.54) is 5.43 Å². The zero-order valence-electron chi connectivity index (χ0n) is 5.57. The van der Waals surface area contributed by atoms with Gasteiger partial charge in [0.05, 0.1) is 0 Å². The second-order valence-electron chi connectivity index (χ2n) is 1.84. The van der Waals surface area contributed by atoms with E-state index in [0.29, 0.717) is 0 Å². The number of halogens is 3. The van der Waals surface area contributed by atoms with Crippen molar-refractivity contribution < 1.29 is 23.1 Å². The van der Waals surface area contributed by atoms with Crippen LogP contribution in [0.15, 0.2) is 0 Å². The predicted molar refractivity (Wildman–Crippen MR) is 29.8 cm³/mol. The average Bonchev–Trinajstić information content (AvgIpc) is 1.80. The fraction of sp³-hybridized carbons (Fsp3) is 0.750. The summed E-state index contributed by atoms with van der Waals surface area (Å²) in [6, 6.07) is -1.89. The van der Waals surface area contributed by atoms with Crippen LogP contribution < -0.4 is 10.9 Å². The molecule has 0 aliphatic rings. The molecule has 0 aliphatic heterocycles. The van der Waals surface area contributed by atoms with Gasteiger partial charge < -0.3 is 5.11 Å². The van der Waals surface area contributed by atoms with Crippen molar-refractivity contribution in [2.45, 2.75) is 19.1 Å². The van der Waals surface area contributed by atoms with Gasteiger partial charge in [-0.3, -0.25) is 5.43 Å². The molecule has 7 heteroatoms. The fourth-order valence-electron chi connectivity index (χ4n) is 0.252. The first-order valence-corrected chi connectivity index (χ1v) is 2.65. The molecular formula is C4H7F3N2O2. The van der Waals surface area contributed by atoms with Crippen LogP contribution in [-0.2, 0) is 0 Å². The van der Waals surface area contributed by atoms with E-state index >= 15 is 0 Å². The summed E-state index contributed by atoms with van der Waals surface area (Å²) in [5.41, 5.74) is 2.95. The lowest BCUT2D eigenvalue weighted by molar-refractivity contribution is -0.153. The Bertz CT molecular complexity index is 147. The minimum atomic E-state index is -4.44. The third kappa shape index (κ3) is 4.43. The van der Waals surface area contributed by atoms with Gasteiger partial charge in [-0.1, -0.05) is 0 Å². The molecule has 0 heterocycles. The van der Waals surface area contributed by atoms with E-state index < -0.39 is 18.3 Å². The van der Waals surface area contributed by atoms with Crippen molar-refractivity contribution in [2.75, 3.05) is 0 Å². The van der Waals surface area contributed by atoms with E-state index in [2.05, 4.69) is 0 Å². The van der Waals surface area contributed by atoms with Crippen molar-refractivity contribution in [1.29, 1.82) is 0 Å². The lowest BCUT2D eigenvalue weighted by Crippen LogP contribution is -2.49. The highest BCUT2D eigenvalue weighted by atomic mass is 19.4. The lowest BCUT2D eigenvalue weighted by Gasteiger charge is -2.15. The Balaban J connectivity index is 3.70. The quantitative estimate of drug-likeness (QED) is 0.537. The molecular weight excluding hydrogens is 165 g/mol. The van der Waals surface area contributed by atoms with Crippen LogP contribution in [0.3, 0.4) is 0 Å². The van der Waals surface area contributed by atoms with Crippen LogP contribution in [-0.4, -0.2) is 23.4 Å². The van der Waals surface area contributed by atoms with E-state index in [4.69, 9.17) is 5.11 Å². The number of hydrogen-bond acceptors (Lipinski definition) is 2. The summed E-state index contributed by atoms with van der Waals surface area (Å²) in [5, 5.41) is 7.89. The molecule has 0 aromatic rings. The van der Waals surface area contributed by atoms with Crippen LogP contribution in [0.25, 0.3) is 0 Å². The summed E-state index contributed by atoms with van der Waals surface area (Å²) in [6.07, 6.45) is -6.00. The Morgan fingerprint density at radius 1 is 1.55 bits per heavy atom. The number of rotatable bonds is 2. The number of nitrogens with one attached hydrogen (secondary N) is 2. The van der Waals surface area contributed by atoms with E-state index in [9.17, 15) is 18.0 Å². The van der Waals surface area contributed by atoms with Crippen molar-refractivity contribution in [2.24, 2.45) is 0 Å². The first-order chi connectivity index (χ1) is 4.84. The first-order valence-electron chi connectivity index (χ1n) is 2.65. The van der Waals surface area contributed by atoms with Crippen LogP contribution in [0.1, 0.15) is 6.92 Å². The fourth-order valence-corrected chi connectivity index (χ4v) is 0.252. The van der Waals surface area contributed by atoms with Gasteiger partial charge in [0, 0.05) is 0 Å². The molecule has 0 aromatic carbocycles. The molecule has 0 saturated carbocycles. The molecule has 0 saturated heterocycles. The minimum Gasteiger partial charge on any atom is -0.464 e. The van der Waals surface area contributed by atoms with E-state index in [0.717, 1.165) is 6.92 Å². The largest absolute Gasteiger partial charge is 0.464 e. The monoisotopic (exact) mass is 172 g/mol. The molecule has 11 heavy (non-hydrogen) atoms.